The van der Waals surface area contributed by atoms with Crippen LogP contribution >= 0.6 is 0 Å². The van der Waals surface area contributed by atoms with Crippen LogP contribution in [0.2, 0.25) is 0 Å². The van der Waals surface area contributed by atoms with Gasteiger partial charge in [-0.3, -0.25) is 10.1 Å². The van der Waals surface area contributed by atoms with Crippen LogP contribution in [-0.4, -0.2) is 50.1 Å². The summed E-state index contributed by atoms with van der Waals surface area (Å²) in [7, 11) is 1.60. The Morgan fingerprint density at radius 3 is 2.62 bits per heavy atom. The van der Waals surface area contributed by atoms with E-state index in [9.17, 15) is 9.90 Å². The van der Waals surface area contributed by atoms with E-state index in [1.807, 2.05) is 6.92 Å². The molecule has 0 aliphatic heterocycles. The van der Waals surface area contributed by atoms with Crippen LogP contribution in [0.25, 0.3) is 0 Å². The van der Waals surface area contributed by atoms with Gasteiger partial charge in [0.15, 0.2) is 0 Å². The van der Waals surface area contributed by atoms with Crippen LogP contribution in [0, 0.1) is 5.92 Å². The summed E-state index contributed by atoms with van der Waals surface area (Å²) in [6, 6.07) is 0. The number of ether oxygens (including phenoxy) is 2. The fourth-order valence-corrected chi connectivity index (χ4v) is 1.89. The Labute approximate surface area is 96.1 Å². The second-order valence-electron chi connectivity index (χ2n) is 4.13. The third kappa shape index (κ3) is 3.17. The first kappa shape index (κ1) is 13.4. The van der Waals surface area contributed by atoms with Crippen molar-refractivity contribution in [2.24, 2.45) is 5.92 Å². The van der Waals surface area contributed by atoms with Crippen LogP contribution in [0.1, 0.15) is 19.8 Å². The van der Waals surface area contributed by atoms with E-state index in [-0.39, 0.29) is 12.5 Å². The zero-order chi connectivity index (χ0) is 12.0. The van der Waals surface area contributed by atoms with Gasteiger partial charge in [-0.05, 0) is 25.3 Å². The summed E-state index contributed by atoms with van der Waals surface area (Å²) in [6.07, 6.45) is 1.93. The van der Waals surface area contributed by atoms with Crippen LogP contribution in [-0.2, 0) is 14.3 Å². The largest absolute Gasteiger partial charge is 0.480 e. The summed E-state index contributed by atoms with van der Waals surface area (Å²) < 4.78 is 10.2. The molecular weight excluding hydrogens is 210 g/mol. The monoisotopic (exact) mass is 231 g/mol. The molecule has 16 heavy (non-hydrogen) atoms. The van der Waals surface area contributed by atoms with Crippen molar-refractivity contribution in [2.75, 3.05) is 33.5 Å². The van der Waals surface area contributed by atoms with E-state index in [0.29, 0.717) is 19.8 Å². The van der Waals surface area contributed by atoms with Crippen molar-refractivity contribution < 1.29 is 19.4 Å². The topological polar surface area (TPSA) is 67.8 Å². The molecule has 0 amide bonds. The van der Waals surface area contributed by atoms with Crippen LogP contribution in [0.15, 0.2) is 0 Å². The highest BCUT2D eigenvalue weighted by molar-refractivity contribution is 5.80. The number of nitrogens with one attached hydrogen (secondary N) is 1. The van der Waals surface area contributed by atoms with Crippen LogP contribution in [0.3, 0.4) is 0 Å². The normalized spacial score (nSPS) is 19.4. The number of methoxy groups -OCH3 is 1. The van der Waals surface area contributed by atoms with Gasteiger partial charge < -0.3 is 14.6 Å². The molecule has 0 heterocycles. The maximum Gasteiger partial charge on any atom is 0.326 e. The van der Waals surface area contributed by atoms with Gasteiger partial charge in [0.05, 0.1) is 19.8 Å². The highest BCUT2D eigenvalue weighted by atomic mass is 16.5. The van der Waals surface area contributed by atoms with Crippen molar-refractivity contribution in [1.29, 1.82) is 0 Å². The molecule has 1 atom stereocenters. The van der Waals surface area contributed by atoms with Crippen molar-refractivity contribution in [2.45, 2.75) is 25.3 Å². The van der Waals surface area contributed by atoms with Gasteiger partial charge in [0.1, 0.15) is 5.54 Å². The number of hydrogen-bond acceptors (Lipinski definition) is 4. The van der Waals surface area contributed by atoms with E-state index < -0.39 is 11.5 Å². The van der Waals surface area contributed by atoms with Crippen molar-refractivity contribution in [3.05, 3.63) is 0 Å². The first-order chi connectivity index (χ1) is 7.67. The van der Waals surface area contributed by atoms with Gasteiger partial charge in [0, 0.05) is 7.11 Å². The van der Waals surface area contributed by atoms with Gasteiger partial charge in [-0.1, -0.05) is 6.92 Å². The Balaban J connectivity index is 2.50. The molecule has 0 radical (unpaired) electrons. The molecule has 2 N–H and O–H groups in total. The van der Waals surface area contributed by atoms with Crippen molar-refractivity contribution in [3.8, 4) is 0 Å². The van der Waals surface area contributed by atoms with Crippen LogP contribution in [0.5, 0.6) is 0 Å². The first-order valence-electron chi connectivity index (χ1n) is 5.72. The second-order valence-corrected chi connectivity index (χ2v) is 4.13. The highest BCUT2D eigenvalue weighted by Crippen LogP contribution is 2.40. The molecule has 1 fully saturated rings. The third-order valence-electron chi connectivity index (χ3n) is 2.91. The fraction of sp³-hybridized carbons (Fsp3) is 0.909. The summed E-state index contributed by atoms with van der Waals surface area (Å²) in [5, 5.41) is 12.4. The molecule has 0 spiro atoms. The lowest BCUT2D eigenvalue weighted by molar-refractivity contribution is -0.149. The van der Waals surface area contributed by atoms with E-state index in [4.69, 9.17) is 9.47 Å². The Morgan fingerprint density at radius 2 is 2.19 bits per heavy atom. The molecular formula is C11H21NO4. The molecule has 5 heteroatoms. The lowest BCUT2D eigenvalue weighted by Crippen LogP contribution is -2.57. The molecule has 1 rings (SSSR count). The average Bonchev–Trinajstić information content (AvgIpc) is 3.06. The quantitative estimate of drug-likeness (QED) is 0.565. The first-order valence-corrected chi connectivity index (χ1v) is 5.72. The maximum atomic E-state index is 11.4. The number of carboxylic acid groups (broad SMARTS) is 1. The molecule has 1 unspecified atom stereocenters. The Hall–Kier alpha value is -0.650. The van der Waals surface area contributed by atoms with E-state index in [2.05, 4.69) is 5.32 Å². The molecule has 0 bridgehead atoms. The lowest BCUT2D eigenvalue weighted by atomic mass is 9.94. The van der Waals surface area contributed by atoms with Crippen LogP contribution in [0.4, 0.5) is 0 Å². The van der Waals surface area contributed by atoms with Gasteiger partial charge in [-0.15, -0.1) is 0 Å². The van der Waals surface area contributed by atoms with E-state index in [1.165, 1.54) is 0 Å². The number of carbonyl (C=O) groups is 1. The van der Waals surface area contributed by atoms with Gasteiger partial charge >= 0.3 is 5.97 Å². The smallest absolute Gasteiger partial charge is 0.326 e. The standard InChI is InChI=1S/C11H21NO4/c1-3-12-11(10(13)14,9-4-5-9)8-16-7-6-15-2/h9,12H,3-8H2,1-2H3,(H,13,14). The highest BCUT2D eigenvalue weighted by Gasteiger charge is 2.51. The summed E-state index contributed by atoms with van der Waals surface area (Å²) in [5.41, 5.74) is -0.900. The summed E-state index contributed by atoms with van der Waals surface area (Å²) in [4.78, 5) is 11.4. The minimum absolute atomic E-state index is 0.201. The third-order valence-corrected chi connectivity index (χ3v) is 2.91. The molecule has 0 aromatic heterocycles. The maximum absolute atomic E-state index is 11.4. The van der Waals surface area contributed by atoms with Gasteiger partial charge in [-0.25, -0.2) is 0 Å². The predicted octanol–water partition coefficient (Wildman–Crippen LogP) is 0.492. The van der Waals surface area contributed by atoms with Gasteiger partial charge in [-0.2, -0.15) is 0 Å². The molecule has 94 valence electrons. The number of aliphatic carboxylic acids is 1. The average molecular weight is 231 g/mol. The van der Waals surface area contributed by atoms with E-state index >= 15 is 0 Å². The minimum Gasteiger partial charge on any atom is -0.480 e. The molecule has 1 aliphatic rings. The van der Waals surface area contributed by atoms with Crippen molar-refractivity contribution in [3.63, 3.8) is 0 Å². The Morgan fingerprint density at radius 1 is 1.50 bits per heavy atom. The SMILES string of the molecule is CCNC(COCCOC)(C(=O)O)C1CC1. The van der Waals surface area contributed by atoms with Crippen molar-refractivity contribution in [1.82, 2.24) is 5.32 Å². The number of carboxylic acids is 1. The molecule has 1 saturated carbocycles. The number of likely N-dealkylation sites (N-methyl/N-ethyl adjacent to an activating group) is 1. The van der Waals surface area contributed by atoms with E-state index in [1.54, 1.807) is 7.11 Å². The fourth-order valence-electron chi connectivity index (χ4n) is 1.89. The van der Waals surface area contributed by atoms with Crippen LogP contribution < -0.4 is 5.32 Å². The summed E-state index contributed by atoms with van der Waals surface area (Å²) >= 11 is 0. The Kier molecular flexibility index (Phi) is 5.18. The molecule has 5 nitrogen and oxygen atoms in total. The predicted molar refractivity (Wildman–Crippen MR) is 59.5 cm³/mol. The minimum atomic E-state index is -0.900. The molecule has 0 aromatic rings. The summed E-state index contributed by atoms with van der Waals surface area (Å²) in [6.45, 7) is 3.69. The summed E-state index contributed by atoms with van der Waals surface area (Å²) in [5.74, 6) is -0.609. The number of rotatable bonds is 9. The number of hydrogen-bond donors (Lipinski definition) is 2. The van der Waals surface area contributed by atoms with Gasteiger partial charge in [0.2, 0.25) is 0 Å². The molecule has 0 saturated heterocycles. The van der Waals surface area contributed by atoms with E-state index in [0.717, 1.165) is 12.8 Å². The lowest BCUT2D eigenvalue weighted by Gasteiger charge is -2.30. The van der Waals surface area contributed by atoms with Gasteiger partial charge in [0.25, 0.3) is 0 Å². The zero-order valence-corrected chi connectivity index (χ0v) is 9.99. The zero-order valence-electron chi connectivity index (χ0n) is 9.99. The molecule has 0 aromatic carbocycles. The molecule has 1 aliphatic carbocycles. The van der Waals surface area contributed by atoms with Crippen molar-refractivity contribution >= 4 is 5.97 Å². The second kappa shape index (κ2) is 6.18. The Bertz CT molecular complexity index is 230.